The number of nitrogens with zero attached hydrogens (tertiary/aromatic N) is 1. The first-order chi connectivity index (χ1) is 8.95. The van der Waals surface area contributed by atoms with Crippen molar-refractivity contribution in [1.82, 2.24) is 4.31 Å². The molecule has 0 spiro atoms. The van der Waals surface area contributed by atoms with Gasteiger partial charge in [0.25, 0.3) is 0 Å². The van der Waals surface area contributed by atoms with Gasteiger partial charge in [-0.1, -0.05) is 29.3 Å². The number of benzene rings is 1. The van der Waals surface area contributed by atoms with Crippen LogP contribution in [0.1, 0.15) is 18.4 Å². The van der Waals surface area contributed by atoms with E-state index < -0.39 is 10.0 Å². The van der Waals surface area contributed by atoms with E-state index >= 15 is 0 Å². The maximum Gasteiger partial charge on any atom is 0.218 e. The molecule has 0 unspecified atom stereocenters. The number of hydrogen-bond acceptors (Lipinski definition) is 3. The zero-order valence-corrected chi connectivity index (χ0v) is 12.5. The monoisotopic (exact) mass is 323 g/mol. The van der Waals surface area contributed by atoms with Crippen LogP contribution in [0.2, 0.25) is 10.0 Å². The SMILES string of the molecule is O=S(=O)(Cc1c(Cl)cccc1Cl)N(CCO)C1CC1. The molecule has 0 bridgehead atoms. The Kier molecular flexibility index (Phi) is 4.74. The summed E-state index contributed by atoms with van der Waals surface area (Å²) in [6.07, 6.45) is 1.69. The molecule has 1 aromatic carbocycles. The highest BCUT2D eigenvalue weighted by Crippen LogP contribution is 2.32. The average molecular weight is 324 g/mol. The van der Waals surface area contributed by atoms with Crippen molar-refractivity contribution >= 4 is 33.2 Å². The second kappa shape index (κ2) is 5.97. The van der Waals surface area contributed by atoms with E-state index in [0.717, 1.165) is 12.8 Å². The Balaban J connectivity index is 2.25. The van der Waals surface area contributed by atoms with Crippen molar-refractivity contribution in [2.24, 2.45) is 0 Å². The number of halogens is 2. The quantitative estimate of drug-likeness (QED) is 0.873. The Morgan fingerprint density at radius 3 is 2.32 bits per heavy atom. The molecule has 0 radical (unpaired) electrons. The lowest BCUT2D eigenvalue weighted by atomic mass is 10.2. The van der Waals surface area contributed by atoms with E-state index in [-0.39, 0.29) is 24.9 Å². The van der Waals surface area contributed by atoms with Gasteiger partial charge in [0.2, 0.25) is 10.0 Å². The van der Waals surface area contributed by atoms with Gasteiger partial charge >= 0.3 is 0 Å². The molecule has 1 aromatic rings. The maximum absolute atomic E-state index is 12.4. The third-order valence-corrected chi connectivity index (χ3v) is 5.58. The smallest absolute Gasteiger partial charge is 0.218 e. The van der Waals surface area contributed by atoms with Crippen molar-refractivity contribution in [3.8, 4) is 0 Å². The summed E-state index contributed by atoms with van der Waals surface area (Å²) in [4.78, 5) is 0. The molecule has 2 rings (SSSR count). The summed E-state index contributed by atoms with van der Waals surface area (Å²) in [6.45, 7) is -0.0684. The molecule has 1 saturated carbocycles. The summed E-state index contributed by atoms with van der Waals surface area (Å²) in [5.74, 6) is -0.234. The van der Waals surface area contributed by atoms with Gasteiger partial charge in [-0.3, -0.25) is 0 Å². The average Bonchev–Trinajstić information content (AvgIpc) is 3.15. The highest BCUT2D eigenvalue weighted by Gasteiger charge is 2.37. The fourth-order valence-corrected chi connectivity index (χ4v) is 4.50. The van der Waals surface area contributed by atoms with Crippen molar-refractivity contribution in [1.29, 1.82) is 0 Å². The Hall–Kier alpha value is -0.330. The lowest BCUT2D eigenvalue weighted by molar-refractivity contribution is 0.250. The van der Waals surface area contributed by atoms with Crippen molar-refractivity contribution in [2.75, 3.05) is 13.2 Å². The second-order valence-corrected chi connectivity index (χ2v) is 7.26. The van der Waals surface area contributed by atoms with Gasteiger partial charge in [0, 0.05) is 28.2 Å². The molecule has 4 nitrogen and oxygen atoms in total. The Bertz CT molecular complexity index is 538. The lowest BCUT2D eigenvalue weighted by Crippen LogP contribution is -2.36. The van der Waals surface area contributed by atoms with E-state index in [2.05, 4.69) is 0 Å². The van der Waals surface area contributed by atoms with E-state index in [1.165, 1.54) is 4.31 Å². The number of hydrogen-bond donors (Lipinski definition) is 1. The summed E-state index contributed by atoms with van der Waals surface area (Å²) < 4.78 is 26.1. The Labute approximate surface area is 123 Å². The van der Waals surface area contributed by atoms with Gasteiger partial charge in [-0.15, -0.1) is 0 Å². The third-order valence-electron chi connectivity index (χ3n) is 3.02. The van der Waals surface area contributed by atoms with Gasteiger partial charge in [-0.25, -0.2) is 8.42 Å². The number of sulfonamides is 1. The molecule has 1 fully saturated rings. The molecule has 0 aliphatic heterocycles. The minimum Gasteiger partial charge on any atom is -0.395 e. The van der Waals surface area contributed by atoms with Gasteiger partial charge < -0.3 is 5.11 Å². The molecule has 1 aliphatic rings. The molecule has 7 heteroatoms. The third kappa shape index (κ3) is 3.61. The van der Waals surface area contributed by atoms with E-state index in [4.69, 9.17) is 28.3 Å². The van der Waals surface area contributed by atoms with Crippen molar-refractivity contribution in [3.63, 3.8) is 0 Å². The molecule has 1 aliphatic carbocycles. The van der Waals surface area contributed by atoms with Crippen LogP contribution in [0.4, 0.5) is 0 Å². The Morgan fingerprint density at radius 2 is 1.84 bits per heavy atom. The highest BCUT2D eigenvalue weighted by atomic mass is 35.5. The summed E-state index contributed by atoms with van der Waals surface area (Å²) in [5, 5.41) is 9.68. The molecule has 19 heavy (non-hydrogen) atoms. The molecular formula is C12H15Cl2NO3S. The first-order valence-electron chi connectivity index (χ1n) is 5.99. The van der Waals surface area contributed by atoms with Gasteiger partial charge in [0.15, 0.2) is 0 Å². The van der Waals surface area contributed by atoms with Gasteiger partial charge in [0.05, 0.1) is 12.4 Å². The van der Waals surface area contributed by atoms with Crippen molar-refractivity contribution < 1.29 is 13.5 Å². The van der Waals surface area contributed by atoms with Crippen LogP contribution in [0.15, 0.2) is 18.2 Å². The number of rotatable bonds is 6. The van der Waals surface area contributed by atoms with Crippen LogP contribution in [-0.2, 0) is 15.8 Å². The van der Waals surface area contributed by atoms with Gasteiger partial charge in [-0.2, -0.15) is 4.31 Å². The van der Waals surface area contributed by atoms with Crippen LogP contribution < -0.4 is 0 Å². The van der Waals surface area contributed by atoms with E-state index in [1.807, 2.05) is 0 Å². The number of aliphatic hydroxyl groups is 1. The summed E-state index contributed by atoms with van der Waals surface area (Å²) >= 11 is 12.0. The molecule has 0 heterocycles. The van der Waals surface area contributed by atoms with Gasteiger partial charge in [-0.05, 0) is 25.0 Å². The topological polar surface area (TPSA) is 57.6 Å². The van der Waals surface area contributed by atoms with Crippen molar-refractivity contribution in [2.45, 2.75) is 24.6 Å². The first-order valence-corrected chi connectivity index (χ1v) is 8.35. The molecule has 0 aromatic heterocycles. The van der Waals surface area contributed by atoms with Gasteiger partial charge in [0.1, 0.15) is 0 Å². The molecule has 0 amide bonds. The van der Waals surface area contributed by atoms with Crippen LogP contribution in [-0.4, -0.2) is 37.0 Å². The molecule has 0 atom stereocenters. The van der Waals surface area contributed by atoms with E-state index in [1.54, 1.807) is 18.2 Å². The number of aliphatic hydroxyl groups excluding tert-OH is 1. The highest BCUT2D eigenvalue weighted by molar-refractivity contribution is 7.88. The van der Waals surface area contributed by atoms with Crippen LogP contribution in [0, 0.1) is 0 Å². The largest absolute Gasteiger partial charge is 0.395 e. The minimum absolute atomic E-state index is 0.0124. The second-order valence-electron chi connectivity index (χ2n) is 4.52. The van der Waals surface area contributed by atoms with E-state index in [0.29, 0.717) is 15.6 Å². The van der Waals surface area contributed by atoms with Crippen LogP contribution in [0.25, 0.3) is 0 Å². The summed E-state index contributed by atoms with van der Waals surface area (Å²) in [6, 6.07) is 4.92. The van der Waals surface area contributed by atoms with Crippen LogP contribution >= 0.6 is 23.2 Å². The van der Waals surface area contributed by atoms with E-state index in [9.17, 15) is 8.42 Å². The fraction of sp³-hybridized carbons (Fsp3) is 0.500. The van der Waals surface area contributed by atoms with Crippen LogP contribution in [0.3, 0.4) is 0 Å². The fourth-order valence-electron chi connectivity index (χ4n) is 1.95. The standard InChI is InChI=1S/C12H15Cl2NO3S/c13-11-2-1-3-12(14)10(11)8-19(17,18)15(6-7-16)9-4-5-9/h1-3,9,16H,4-8H2. The van der Waals surface area contributed by atoms with Crippen LogP contribution in [0.5, 0.6) is 0 Å². The normalized spacial score (nSPS) is 16.0. The first kappa shape index (κ1) is 15.1. The molecule has 106 valence electrons. The molecule has 1 N–H and O–H groups in total. The minimum atomic E-state index is -3.51. The lowest BCUT2D eigenvalue weighted by Gasteiger charge is -2.21. The Morgan fingerprint density at radius 1 is 1.26 bits per heavy atom. The maximum atomic E-state index is 12.4. The van der Waals surface area contributed by atoms with Crippen molar-refractivity contribution in [3.05, 3.63) is 33.8 Å². The predicted octanol–water partition coefficient (Wildman–Crippen LogP) is 2.28. The summed E-state index contributed by atoms with van der Waals surface area (Å²) in [5.41, 5.74) is 0.412. The molecule has 0 saturated heterocycles. The zero-order chi connectivity index (χ0) is 14.0. The summed E-state index contributed by atoms with van der Waals surface area (Å²) in [7, 11) is -3.51. The zero-order valence-electron chi connectivity index (χ0n) is 10.2. The predicted molar refractivity (Wildman–Crippen MR) is 75.9 cm³/mol. The molecular weight excluding hydrogens is 309 g/mol.